The van der Waals surface area contributed by atoms with Crippen LogP contribution in [0.2, 0.25) is 10.0 Å². The molecule has 1 unspecified atom stereocenters. The van der Waals surface area contributed by atoms with Crippen LogP contribution in [0.3, 0.4) is 0 Å². The van der Waals surface area contributed by atoms with Crippen molar-refractivity contribution in [3.63, 3.8) is 0 Å². The van der Waals surface area contributed by atoms with Gasteiger partial charge in [-0.3, -0.25) is 0 Å². The lowest BCUT2D eigenvalue weighted by Gasteiger charge is -2.23. The molecule has 84 valence electrons. The van der Waals surface area contributed by atoms with Crippen molar-refractivity contribution in [3.05, 3.63) is 33.8 Å². The van der Waals surface area contributed by atoms with Crippen molar-refractivity contribution < 1.29 is 0 Å². The van der Waals surface area contributed by atoms with Gasteiger partial charge < -0.3 is 5.32 Å². The van der Waals surface area contributed by atoms with Crippen LogP contribution in [0.15, 0.2) is 18.2 Å². The third-order valence-electron chi connectivity index (χ3n) is 2.70. The Morgan fingerprint density at radius 2 is 2.07 bits per heavy atom. The molecule has 2 rings (SSSR count). The number of nitrogens with one attached hydrogen (secondary N) is 1. The summed E-state index contributed by atoms with van der Waals surface area (Å²) < 4.78 is 0. The summed E-state index contributed by atoms with van der Waals surface area (Å²) in [5.74, 6) is 0.550. The molecule has 0 saturated carbocycles. The topological polar surface area (TPSA) is 12.0 Å². The Morgan fingerprint density at radius 3 is 2.67 bits per heavy atom. The molecule has 0 spiro atoms. The van der Waals surface area contributed by atoms with E-state index in [4.69, 9.17) is 23.2 Å². The maximum atomic E-state index is 6.15. The van der Waals surface area contributed by atoms with Crippen molar-refractivity contribution in [3.8, 4) is 0 Å². The molecular weight excluding hydrogens is 252 g/mol. The van der Waals surface area contributed by atoms with Gasteiger partial charge in [0.15, 0.2) is 0 Å². The Hall–Kier alpha value is 0.0500. The Kier molecular flexibility index (Phi) is 5.20. The highest BCUT2D eigenvalue weighted by Gasteiger charge is 2.17. The van der Waals surface area contributed by atoms with Gasteiger partial charge >= 0.3 is 0 Å². The van der Waals surface area contributed by atoms with Crippen molar-refractivity contribution in [1.29, 1.82) is 0 Å². The molecule has 1 aliphatic heterocycles. The maximum Gasteiger partial charge on any atom is 0.0456 e. The molecule has 0 bridgehead atoms. The Balaban J connectivity index is 0.00000112. The molecule has 15 heavy (non-hydrogen) atoms. The summed E-state index contributed by atoms with van der Waals surface area (Å²) in [6.07, 6.45) is 2.44. The minimum atomic E-state index is 0. The van der Waals surface area contributed by atoms with Gasteiger partial charge in [-0.25, -0.2) is 0 Å². The van der Waals surface area contributed by atoms with Gasteiger partial charge in [-0.05, 0) is 43.0 Å². The van der Waals surface area contributed by atoms with Crippen LogP contribution in [0.5, 0.6) is 0 Å². The monoisotopic (exact) mass is 265 g/mol. The first-order chi connectivity index (χ1) is 6.77. The second-order valence-corrected chi connectivity index (χ2v) is 4.55. The van der Waals surface area contributed by atoms with Gasteiger partial charge in [0.2, 0.25) is 0 Å². The molecule has 1 saturated heterocycles. The van der Waals surface area contributed by atoms with Crippen LogP contribution in [0.1, 0.15) is 24.3 Å². The molecule has 0 radical (unpaired) electrons. The van der Waals surface area contributed by atoms with E-state index in [2.05, 4.69) is 5.32 Å². The van der Waals surface area contributed by atoms with Crippen molar-refractivity contribution in [1.82, 2.24) is 5.32 Å². The normalized spacial score (nSPS) is 20.8. The zero-order valence-electron chi connectivity index (χ0n) is 8.30. The van der Waals surface area contributed by atoms with Crippen molar-refractivity contribution in [2.75, 3.05) is 13.1 Å². The van der Waals surface area contributed by atoms with Crippen LogP contribution >= 0.6 is 35.6 Å². The zero-order valence-corrected chi connectivity index (χ0v) is 10.6. The summed E-state index contributed by atoms with van der Waals surface area (Å²) >= 11 is 12.0. The highest BCUT2D eigenvalue weighted by molar-refractivity contribution is 6.35. The van der Waals surface area contributed by atoms with Crippen LogP contribution in [0.4, 0.5) is 0 Å². The van der Waals surface area contributed by atoms with Gasteiger partial charge in [-0.2, -0.15) is 0 Å². The summed E-state index contributed by atoms with van der Waals surface area (Å²) in [7, 11) is 0. The highest BCUT2D eigenvalue weighted by Crippen LogP contribution is 2.31. The standard InChI is InChI=1S/C11H13Cl2N.ClH/c12-9-3-4-10(11(13)6-9)8-2-1-5-14-7-8;/h3-4,6,8,14H,1-2,5,7H2;1H. The molecule has 1 fully saturated rings. The first-order valence-electron chi connectivity index (χ1n) is 4.93. The molecule has 1 nitrogen and oxygen atoms in total. The van der Waals surface area contributed by atoms with Gasteiger partial charge in [0.1, 0.15) is 0 Å². The molecule has 1 atom stereocenters. The Labute approximate surface area is 107 Å². The summed E-state index contributed by atoms with van der Waals surface area (Å²) in [6, 6.07) is 5.78. The molecule has 0 amide bonds. The maximum absolute atomic E-state index is 6.15. The van der Waals surface area contributed by atoms with E-state index in [9.17, 15) is 0 Å². The molecule has 0 aromatic heterocycles. The van der Waals surface area contributed by atoms with E-state index in [0.29, 0.717) is 10.9 Å². The molecule has 1 aromatic carbocycles. The van der Waals surface area contributed by atoms with Crippen LogP contribution in [0, 0.1) is 0 Å². The second-order valence-electron chi connectivity index (χ2n) is 3.71. The van der Waals surface area contributed by atoms with E-state index in [1.807, 2.05) is 18.2 Å². The molecule has 1 aliphatic rings. The summed E-state index contributed by atoms with van der Waals surface area (Å²) in [6.45, 7) is 2.16. The molecular formula is C11H14Cl3N. The number of hydrogen-bond acceptors (Lipinski definition) is 1. The predicted octanol–water partition coefficient (Wildman–Crippen LogP) is 3.88. The fraction of sp³-hybridized carbons (Fsp3) is 0.455. The average molecular weight is 267 g/mol. The first-order valence-corrected chi connectivity index (χ1v) is 5.68. The quantitative estimate of drug-likeness (QED) is 0.813. The Morgan fingerprint density at radius 1 is 1.27 bits per heavy atom. The minimum absolute atomic E-state index is 0. The predicted molar refractivity (Wildman–Crippen MR) is 68.6 cm³/mol. The Bertz CT molecular complexity index is 322. The lowest BCUT2D eigenvalue weighted by Crippen LogP contribution is -2.28. The molecule has 1 aromatic rings. The fourth-order valence-electron chi connectivity index (χ4n) is 1.95. The van der Waals surface area contributed by atoms with E-state index < -0.39 is 0 Å². The van der Waals surface area contributed by atoms with Crippen LogP contribution in [-0.4, -0.2) is 13.1 Å². The summed E-state index contributed by atoms with van der Waals surface area (Å²) in [4.78, 5) is 0. The van der Waals surface area contributed by atoms with Crippen molar-refractivity contribution in [2.24, 2.45) is 0 Å². The lowest BCUT2D eigenvalue weighted by atomic mass is 9.92. The van der Waals surface area contributed by atoms with E-state index >= 15 is 0 Å². The number of hydrogen-bond donors (Lipinski definition) is 1. The average Bonchev–Trinajstić information content (AvgIpc) is 2.19. The van der Waals surface area contributed by atoms with E-state index in [1.54, 1.807) is 0 Å². The van der Waals surface area contributed by atoms with Crippen molar-refractivity contribution in [2.45, 2.75) is 18.8 Å². The molecule has 0 aliphatic carbocycles. The van der Waals surface area contributed by atoms with Crippen LogP contribution in [-0.2, 0) is 0 Å². The number of piperidine rings is 1. The van der Waals surface area contributed by atoms with Crippen LogP contribution < -0.4 is 5.32 Å². The SMILES string of the molecule is Cl.Clc1ccc(C2CCCNC2)c(Cl)c1. The third-order valence-corrected chi connectivity index (χ3v) is 3.26. The number of halogens is 3. The number of benzene rings is 1. The minimum Gasteiger partial charge on any atom is -0.316 e. The second kappa shape index (κ2) is 5.95. The first kappa shape index (κ1) is 13.1. The van der Waals surface area contributed by atoms with Gasteiger partial charge in [-0.15, -0.1) is 12.4 Å². The highest BCUT2D eigenvalue weighted by atomic mass is 35.5. The largest absolute Gasteiger partial charge is 0.316 e. The van der Waals surface area contributed by atoms with E-state index in [-0.39, 0.29) is 12.4 Å². The molecule has 1 heterocycles. The summed E-state index contributed by atoms with van der Waals surface area (Å²) in [5, 5.41) is 4.89. The van der Waals surface area contributed by atoms with E-state index in [1.165, 1.54) is 18.4 Å². The smallest absolute Gasteiger partial charge is 0.0456 e. The van der Waals surface area contributed by atoms with Gasteiger partial charge in [0, 0.05) is 16.6 Å². The number of rotatable bonds is 1. The van der Waals surface area contributed by atoms with Gasteiger partial charge in [0.25, 0.3) is 0 Å². The molecule has 1 N–H and O–H groups in total. The van der Waals surface area contributed by atoms with Crippen molar-refractivity contribution >= 4 is 35.6 Å². The molecule has 4 heteroatoms. The zero-order chi connectivity index (χ0) is 9.97. The third kappa shape index (κ3) is 3.25. The summed E-state index contributed by atoms with van der Waals surface area (Å²) in [5.41, 5.74) is 1.23. The van der Waals surface area contributed by atoms with Crippen LogP contribution in [0.25, 0.3) is 0 Å². The van der Waals surface area contributed by atoms with Gasteiger partial charge in [0.05, 0.1) is 0 Å². The lowest BCUT2D eigenvalue weighted by molar-refractivity contribution is 0.462. The fourth-order valence-corrected chi connectivity index (χ4v) is 2.51. The van der Waals surface area contributed by atoms with E-state index in [0.717, 1.165) is 18.1 Å². The van der Waals surface area contributed by atoms with Gasteiger partial charge in [-0.1, -0.05) is 29.3 Å².